The van der Waals surface area contributed by atoms with Crippen LogP contribution in [0.4, 0.5) is 0 Å². The quantitative estimate of drug-likeness (QED) is 0.575. The van der Waals surface area contributed by atoms with Gasteiger partial charge in [0.15, 0.2) is 0 Å². The monoisotopic (exact) mass is 431 g/mol. The van der Waals surface area contributed by atoms with E-state index < -0.39 is 0 Å². The molecule has 0 radical (unpaired) electrons. The van der Waals surface area contributed by atoms with Crippen LogP contribution in [0.5, 0.6) is 0 Å². The zero-order valence-electron chi connectivity index (χ0n) is 15.7. The highest BCUT2D eigenvalue weighted by Crippen LogP contribution is 2.23. The Morgan fingerprint density at radius 3 is 2.76 bits per heavy atom. The molecule has 0 saturated heterocycles. The number of methoxy groups -OCH3 is 1. The summed E-state index contributed by atoms with van der Waals surface area (Å²) in [5.41, 5.74) is 1.09. The Balaban J connectivity index is 1.81. The minimum Gasteiger partial charge on any atom is -0.383 e. The number of nitrogens with zero attached hydrogens (tertiary/aromatic N) is 2. The highest BCUT2D eigenvalue weighted by Gasteiger charge is 2.14. The molecule has 3 aromatic rings. The fourth-order valence-corrected chi connectivity index (χ4v) is 3.05. The van der Waals surface area contributed by atoms with Gasteiger partial charge in [-0.1, -0.05) is 41.4 Å². The van der Waals surface area contributed by atoms with E-state index in [1.54, 1.807) is 54.5 Å². The van der Waals surface area contributed by atoms with Gasteiger partial charge in [0.05, 0.1) is 34.1 Å². The van der Waals surface area contributed by atoms with Crippen molar-refractivity contribution in [2.24, 2.45) is 0 Å². The normalized spacial score (nSPS) is 11.3. The molecule has 0 aliphatic rings. The number of para-hydroxylation sites is 1. The van der Waals surface area contributed by atoms with E-state index in [4.69, 9.17) is 27.9 Å². The molecular formula is C21H19Cl2N3O3. The fourth-order valence-electron chi connectivity index (χ4n) is 2.75. The third-order valence-electron chi connectivity index (χ3n) is 4.24. The molecule has 0 aliphatic heterocycles. The van der Waals surface area contributed by atoms with E-state index in [1.165, 1.54) is 6.08 Å². The van der Waals surface area contributed by atoms with Crippen LogP contribution in [-0.4, -0.2) is 41.0 Å². The van der Waals surface area contributed by atoms with Crippen LogP contribution in [0, 0.1) is 0 Å². The summed E-state index contributed by atoms with van der Waals surface area (Å²) in [7, 11) is 1.56. The second kappa shape index (κ2) is 9.69. The summed E-state index contributed by atoms with van der Waals surface area (Å²) in [6.07, 6.45) is 3.09. The topological polar surface area (TPSA) is 75.3 Å². The van der Waals surface area contributed by atoms with Crippen molar-refractivity contribution < 1.29 is 9.53 Å². The van der Waals surface area contributed by atoms with Crippen LogP contribution in [0.1, 0.15) is 11.4 Å². The van der Waals surface area contributed by atoms with Gasteiger partial charge in [-0.15, -0.1) is 0 Å². The second-order valence-corrected chi connectivity index (χ2v) is 7.10. The van der Waals surface area contributed by atoms with Gasteiger partial charge in [0.25, 0.3) is 5.56 Å². The number of H-pyrrole nitrogens is 1. The molecule has 6 nitrogen and oxygen atoms in total. The minimum atomic E-state index is -0.246. The maximum atomic E-state index is 12.7. The van der Waals surface area contributed by atoms with E-state index in [-0.39, 0.29) is 18.0 Å². The molecule has 8 heteroatoms. The van der Waals surface area contributed by atoms with Crippen LogP contribution < -0.4 is 5.56 Å². The first-order valence-corrected chi connectivity index (χ1v) is 9.62. The van der Waals surface area contributed by atoms with E-state index in [2.05, 4.69) is 9.97 Å². The first kappa shape index (κ1) is 21.0. The maximum Gasteiger partial charge on any atom is 0.258 e. The number of hydrogen-bond donors (Lipinski definition) is 1. The van der Waals surface area contributed by atoms with Crippen LogP contribution in [0.2, 0.25) is 10.0 Å². The van der Waals surface area contributed by atoms with E-state index in [0.29, 0.717) is 39.9 Å². The van der Waals surface area contributed by atoms with Crippen molar-refractivity contribution in [3.63, 3.8) is 0 Å². The van der Waals surface area contributed by atoms with Gasteiger partial charge < -0.3 is 14.6 Å². The third kappa shape index (κ3) is 5.44. The standard InChI is InChI=1S/C21H19Cl2N3O3/c1-29-11-10-26(20(27)9-7-14-6-8-16(22)17(23)12-14)13-19-24-18-5-3-2-4-15(18)21(28)25-19/h2-9,12H,10-11,13H2,1H3,(H,24,25,28). The average molecular weight is 432 g/mol. The van der Waals surface area contributed by atoms with Crippen molar-refractivity contribution >= 4 is 46.1 Å². The molecule has 150 valence electrons. The number of rotatable bonds is 7. The first-order chi connectivity index (χ1) is 14.0. The van der Waals surface area contributed by atoms with Crippen LogP contribution in [0.3, 0.4) is 0 Å². The Morgan fingerprint density at radius 2 is 2.00 bits per heavy atom. The molecule has 0 bridgehead atoms. The molecule has 0 atom stereocenters. The summed E-state index contributed by atoms with van der Waals surface area (Å²) < 4.78 is 5.10. The molecule has 1 N–H and O–H groups in total. The maximum absolute atomic E-state index is 12.7. The number of carbonyl (C=O) groups excluding carboxylic acids is 1. The molecule has 0 saturated carbocycles. The molecule has 2 aromatic carbocycles. The van der Waals surface area contributed by atoms with Gasteiger partial charge in [0, 0.05) is 19.7 Å². The van der Waals surface area contributed by atoms with Gasteiger partial charge >= 0.3 is 0 Å². The molecule has 1 amide bonds. The van der Waals surface area contributed by atoms with Crippen molar-refractivity contribution in [2.75, 3.05) is 20.3 Å². The molecule has 0 aliphatic carbocycles. The van der Waals surface area contributed by atoms with Crippen molar-refractivity contribution in [3.8, 4) is 0 Å². The molecular weight excluding hydrogens is 413 g/mol. The van der Waals surface area contributed by atoms with E-state index in [1.807, 2.05) is 6.07 Å². The summed E-state index contributed by atoms with van der Waals surface area (Å²) in [5, 5.41) is 1.36. The molecule has 29 heavy (non-hydrogen) atoms. The van der Waals surface area contributed by atoms with E-state index in [9.17, 15) is 9.59 Å². The fraction of sp³-hybridized carbons (Fsp3) is 0.190. The molecule has 1 aromatic heterocycles. The largest absolute Gasteiger partial charge is 0.383 e. The second-order valence-electron chi connectivity index (χ2n) is 6.29. The van der Waals surface area contributed by atoms with Gasteiger partial charge in [-0.2, -0.15) is 0 Å². The minimum absolute atomic E-state index is 0.147. The summed E-state index contributed by atoms with van der Waals surface area (Å²) in [4.78, 5) is 33.8. The molecule has 0 fully saturated rings. The lowest BCUT2D eigenvalue weighted by molar-refractivity contribution is -0.127. The number of carbonyl (C=O) groups is 1. The van der Waals surface area contributed by atoms with Gasteiger partial charge in [0.1, 0.15) is 5.82 Å². The Labute approximate surface area is 177 Å². The third-order valence-corrected chi connectivity index (χ3v) is 4.98. The van der Waals surface area contributed by atoms with Crippen molar-refractivity contribution in [2.45, 2.75) is 6.54 Å². The number of ether oxygens (including phenoxy) is 1. The van der Waals surface area contributed by atoms with Crippen molar-refractivity contribution in [1.29, 1.82) is 0 Å². The van der Waals surface area contributed by atoms with Crippen LogP contribution >= 0.6 is 23.2 Å². The van der Waals surface area contributed by atoms with E-state index in [0.717, 1.165) is 5.56 Å². The smallest absolute Gasteiger partial charge is 0.258 e. The number of aromatic amines is 1. The van der Waals surface area contributed by atoms with Gasteiger partial charge in [-0.25, -0.2) is 4.98 Å². The van der Waals surface area contributed by atoms with Crippen molar-refractivity contribution in [1.82, 2.24) is 14.9 Å². The Hall–Kier alpha value is -2.67. The SMILES string of the molecule is COCCN(Cc1nc2ccccc2c(=O)[nH]1)C(=O)C=Cc1ccc(Cl)c(Cl)c1. The summed E-state index contributed by atoms with van der Waals surface area (Å²) in [6.45, 7) is 0.843. The average Bonchev–Trinajstić information content (AvgIpc) is 2.71. The van der Waals surface area contributed by atoms with Gasteiger partial charge in [-0.3, -0.25) is 9.59 Å². The number of amides is 1. The molecule has 1 heterocycles. The van der Waals surface area contributed by atoms with Gasteiger partial charge in [-0.05, 0) is 35.9 Å². The number of halogens is 2. The summed E-state index contributed by atoms with van der Waals surface area (Å²) in [6, 6.07) is 12.2. The Morgan fingerprint density at radius 1 is 1.21 bits per heavy atom. The summed E-state index contributed by atoms with van der Waals surface area (Å²) in [5.74, 6) is 0.157. The lowest BCUT2D eigenvalue weighted by atomic mass is 10.2. The lowest BCUT2D eigenvalue weighted by Crippen LogP contribution is -2.33. The number of benzene rings is 2. The van der Waals surface area contributed by atoms with Crippen LogP contribution in [0.15, 0.2) is 53.3 Å². The number of fused-ring (bicyclic) bond motifs is 1. The summed E-state index contributed by atoms with van der Waals surface area (Å²) >= 11 is 11.9. The highest BCUT2D eigenvalue weighted by molar-refractivity contribution is 6.42. The van der Waals surface area contributed by atoms with Crippen LogP contribution in [-0.2, 0) is 16.1 Å². The zero-order valence-corrected chi connectivity index (χ0v) is 17.2. The number of aromatic nitrogens is 2. The Bertz CT molecular complexity index is 1110. The van der Waals surface area contributed by atoms with Crippen molar-refractivity contribution in [3.05, 3.63) is 80.3 Å². The predicted molar refractivity (Wildman–Crippen MR) is 115 cm³/mol. The van der Waals surface area contributed by atoms with E-state index >= 15 is 0 Å². The number of nitrogens with one attached hydrogen (secondary N) is 1. The Kier molecular flexibility index (Phi) is 7.04. The highest BCUT2D eigenvalue weighted by atomic mass is 35.5. The number of hydrogen-bond acceptors (Lipinski definition) is 4. The predicted octanol–water partition coefficient (Wildman–Crippen LogP) is 3.92. The van der Waals surface area contributed by atoms with Gasteiger partial charge in [0.2, 0.25) is 5.91 Å². The first-order valence-electron chi connectivity index (χ1n) is 8.87. The lowest BCUT2D eigenvalue weighted by Gasteiger charge is -2.20. The zero-order chi connectivity index (χ0) is 20.8. The molecule has 3 rings (SSSR count). The molecule has 0 spiro atoms. The molecule has 0 unspecified atom stereocenters. The van der Waals surface area contributed by atoms with Crippen LogP contribution in [0.25, 0.3) is 17.0 Å².